The Balaban J connectivity index is 2.02. The lowest BCUT2D eigenvalue weighted by molar-refractivity contribution is 0.561. The zero-order valence-corrected chi connectivity index (χ0v) is 14.7. The number of anilines is 2. The quantitative estimate of drug-likeness (QED) is 0.670. The van der Waals surface area contributed by atoms with E-state index >= 15 is 0 Å². The van der Waals surface area contributed by atoms with Gasteiger partial charge in [-0.2, -0.15) is 0 Å². The van der Waals surface area contributed by atoms with Crippen molar-refractivity contribution in [2.24, 2.45) is 0 Å². The molecule has 3 aromatic rings. The summed E-state index contributed by atoms with van der Waals surface area (Å²) in [7, 11) is 0. The Hall–Kier alpha value is -2.27. The highest BCUT2D eigenvalue weighted by molar-refractivity contribution is 7.13. The maximum absolute atomic E-state index is 12.1. The normalized spacial score (nSPS) is 14.2. The molecule has 0 saturated carbocycles. The van der Waals surface area contributed by atoms with Crippen LogP contribution in [0, 0.1) is 0 Å². The molecule has 0 amide bonds. The van der Waals surface area contributed by atoms with Crippen LogP contribution in [0.5, 0.6) is 0 Å². The SMILES string of the molecule is CCN1CCN(CC)c2cc3c(-c4cccs4)cc(=O)oc3cc21. The first-order chi connectivity index (χ1) is 11.7. The minimum absolute atomic E-state index is 0.294. The lowest BCUT2D eigenvalue weighted by Crippen LogP contribution is -2.40. The highest BCUT2D eigenvalue weighted by atomic mass is 32.1. The van der Waals surface area contributed by atoms with Gasteiger partial charge in [0.15, 0.2) is 0 Å². The van der Waals surface area contributed by atoms with Gasteiger partial charge in [-0.05, 0) is 31.4 Å². The van der Waals surface area contributed by atoms with Crippen LogP contribution in [0.25, 0.3) is 21.4 Å². The average molecular weight is 340 g/mol. The van der Waals surface area contributed by atoms with Gasteiger partial charge in [0, 0.05) is 54.1 Å². The Morgan fingerprint density at radius 1 is 1.08 bits per heavy atom. The van der Waals surface area contributed by atoms with E-state index in [2.05, 4.69) is 29.7 Å². The third-order valence-electron chi connectivity index (χ3n) is 4.71. The second kappa shape index (κ2) is 5.98. The van der Waals surface area contributed by atoms with Gasteiger partial charge in [0.1, 0.15) is 5.58 Å². The number of nitrogens with zero attached hydrogens (tertiary/aromatic N) is 2. The number of likely N-dealkylation sites (N-methyl/N-ethyl adjacent to an activating group) is 2. The van der Waals surface area contributed by atoms with Crippen LogP contribution in [0.15, 0.2) is 44.9 Å². The molecule has 4 nitrogen and oxygen atoms in total. The number of benzene rings is 1. The molecule has 0 aliphatic carbocycles. The fraction of sp³-hybridized carbons (Fsp3) is 0.316. The molecular formula is C19H20N2O2S. The van der Waals surface area contributed by atoms with Crippen LogP contribution in [0.1, 0.15) is 13.8 Å². The molecular weight excluding hydrogens is 320 g/mol. The maximum atomic E-state index is 12.1. The third kappa shape index (κ3) is 2.40. The van der Waals surface area contributed by atoms with Crippen molar-refractivity contribution in [1.29, 1.82) is 0 Å². The summed E-state index contributed by atoms with van der Waals surface area (Å²) in [6.45, 7) is 8.28. The molecule has 1 aromatic carbocycles. The van der Waals surface area contributed by atoms with Crippen LogP contribution in [-0.4, -0.2) is 26.2 Å². The van der Waals surface area contributed by atoms with Gasteiger partial charge in [0.05, 0.1) is 11.4 Å². The summed E-state index contributed by atoms with van der Waals surface area (Å²) in [6, 6.07) is 9.89. The first kappa shape index (κ1) is 15.3. The predicted molar refractivity (Wildman–Crippen MR) is 102 cm³/mol. The highest BCUT2D eigenvalue weighted by Gasteiger charge is 2.23. The molecule has 3 heterocycles. The van der Waals surface area contributed by atoms with E-state index in [1.54, 1.807) is 17.4 Å². The van der Waals surface area contributed by atoms with Gasteiger partial charge in [0.2, 0.25) is 0 Å². The first-order valence-corrected chi connectivity index (χ1v) is 9.25. The zero-order chi connectivity index (χ0) is 16.7. The molecule has 0 N–H and O–H groups in total. The van der Waals surface area contributed by atoms with E-state index in [0.717, 1.165) is 47.7 Å². The molecule has 4 rings (SSSR count). The summed E-state index contributed by atoms with van der Waals surface area (Å²) in [5.74, 6) is 0. The smallest absolute Gasteiger partial charge is 0.336 e. The summed E-state index contributed by atoms with van der Waals surface area (Å²) < 4.78 is 5.53. The molecule has 2 aromatic heterocycles. The topological polar surface area (TPSA) is 36.7 Å². The lowest BCUT2D eigenvalue weighted by Gasteiger charge is -2.38. The van der Waals surface area contributed by atoms with Crippen LogP contribution < -0.4 is 15.4 Å². The Morgan fingerprint density at radius 2 is 1.79 bits per heavy atom. The molecule has 0 spiro atoms. The minimum Gasteiger partial charge on any atom is -0.423 e. The van der Waals surface area contributed by atoms with Crippen molar-refractivity contribution in [2.45, 2.75) is 13.8 Å². The fourth-order valence-corrected chi connectivity index (χ4v) is 4.22. The molecule has 0 fully saturated rings. The van der Waals surface area contributed by atoms with E-state index in [1.165, 1.54) is 5.69 Å². The number of rotatable bonds is 3. The number of hydrogen-bond acceptors (Lipinski definition) is 5. The van der Waals surface area contributed by atoms with Gasteiger partial charge in [0.25, 0.3) is 0 Å². The van der Waals surface area contributed by atoms with Crippen molar-refractivity contribution in [3.05, 3.63) is 46.1 Å². The Bertz CT molecular complexity index is 930. The second-order valence-corrected chi connectivity index (χ2v) is 6.90. The van der Waals surface area contributed by atoms with Crippen molar-refractivity contribution >= 4 is 33.7 Å². The van der Waals surface area contributed by atoms with Crippen molar-refractivity contribution in [1.82, 2.24) is 0 Å². The third-order valence-corrected chi connectivity index (χ3v) is 5.61. The van der Waals surface area contributed by atoms with Crippen LogP contribution in [0.4, 0.5) is 11.4 Å². The maximum Gasteiger partial charge on any atom is 0.336 e. The van der Waals surface area contributed by atoms with Crippen LogP contribution >= 0.6 is 11.3 Å². The van der Waals surface area contributed by atoms with E-state index in [4.69, 9.17) is 4.42 Å². The molecule has 24 heavy (non-hydrogen) atoms. The van der Waals surface area contributed by atoms with Gasteiger partial charge in [-0.3, -0.25) is 0 Å². The Morgan fingerprint density at radius 3 is 2.42 bits per heavy atom. The summed E-state index contributed by atoms with van der Waals surface area (Å²) >= 11 is 1.64. The zero-order valence-electron chi connectivity index (χ0n) is 13.9. The van der Waals surface area contributed by atoms with E-state index in [9.17, 15) is 4.79 Å². The first-order valence-electron chi connectivity index (χ1n) is 8.37. The largest absolute Gasteiger partial charge is 0.423 e. The van der Waals surface area contributed by atoms with E-state index in [0.29, 0.717) is 5.58 Å². The minimum atomic E-state index is -0.294. The monoisotopic (exact) mass is 340 g/mol. The average Bonchev–Trinajstić information content (AvgIpc) is 3.13. The molecule has 0 atom stereocenters. The molecule has 0 radical (unpaired) electrons. The molecule has 1 aliphatic heterocycles. The van der Waals surface area contributed by atoms with Crippen molar-refractivity contribution in [3.63, 3.8) is 0 Å². The van der Waals surface area contributed by atoms with Crippen molar-refractivity contribution in [2.75, 3.05) is 36.0 Å². The highest BCUT2D eigenvalue weighted by Crippen LogP contribution is 2.40. The fourth-order valence-electron chi connectivity index (χ4n) is 3.47. The van der Waals surface area contributed by atoms with Crippen molar-refractivity contribution < 1.29 is 4.42 Å². The van der Waals surface area contributed by atoms with Crippen LogP contribution in [0.2, 0.25) is 0 Å². The predicted octanol–water partition coefficient (Wildman–Crippen LogP) is 4.19. The van der Waals surface area contributed by atoms with Crippen LogP contribution in [0.3, 0.4) is 0 Å². The number of hydrogen-bond donors (Lipinski definition) is 0. The molecule has 1 aliphatic rings. The molecule has 0 saturated heterocycles. The Kier molecular flexibility index (Phi) is 3.81. The molecule has 0 unspecified atom stereocenters. The summed E-state index contributed by atoms with van der Waals surface area (Å²) in [5, 5.41) is 3.04. The number of fused-ring (bicyclic) bond motifs is 2. The molecule has 0 bridgehead atoms. The van der Waals surface area contributed by atoms with Gasteiger partial charge < -0.3 is 14.2 Å². The van der Waals surface area contributed by atoms with Gasteiger partial charge in [-0.1, -0.05) is 6.07 Å². The standard InChI is InChI=1S/C19H20N2O2S/c1-3-20-7-8-21(4-2)16-12-17-13(10-15(16)20)14(11-19(22)23-17)18-6-5-9-24-18/h5-6,9-12H,3-4,7-8H2,1-2H3. The van der Waals surface area contributed by atoms with Gasteiger partial charge in [-0.25, -0.2) is 4.79 Å². The molecule has 124 valence electrons. The van der Waals surface area contributed by atoms with Gasteiger partial charge >= 0.3 is 5.63 Å². The summed E-state index contributed by atoms with van der Waals surface area (Å²) in [6.07, 6.45) is 0. The van der Waals surface area contributed by atoms with E-state index in [1.807, 2.05) is 23.6 Å². The molecule has 5 heteroatoms. The van der Waals surface area contributed by atoms with E-state index in [-0.39, 0.29) is 5.63 Å². The number of thiophene rings is 1. The Labute approximate surface area is 144 Å². The van der Waals surface area contributed by atoms with Gasteiger partial charge in [-0.15, -0.1) is 11.3 Å². The lowest BCUT2D eigenvalue weighted by atomic mass is 10.0. The van der Waals surface area contributed by atoms with E-state index < -0.39 is 0 Å². The second-order valence-electron chi connectivity index (χ2n) is 5.95. The van der Waals surface area contributed by atoms with Crippen molar-refractivity contribution in [3.8, 4) is 10.4 Å². The summed E-state index contributed by atoms with van der Waals surface area (Å²) in [5.41, 5.74) is 3.72. The van der Waals surface area contributed by atoms with Crippen LogP contribution in [-0.2, 0) is 0 Å². The summed E-state index contributed by atoms with van der Waals surface area (Å²) in [4.78, 5) is 17.9.